The third-order valence-electron chi connectivity index (χ3n) is 1.95. The summed E-state index contributed by atoms with van der Waals surface area (Å²) in [6.45, 7) is 2.10. The molecule has 1 rings (SSSR count). The van der Waals surface area contributed by atoms with Crippen LogP contribution >= 0.6 is 0 Å². The molecule has 1 atom stereocenters. The number of rotatable bonds is 7. The molecule has 15 heavy (non-hydrogen) atoms. The minimum atomic E-state index is -0.917. The summed E-state index contributed by atoms with van der Waals surface area (Å²) in [6, 6.07) is 0. The lowest BCUT2D eigenvalue weighted by molar-refractivity contribution is 0.0391. The summed E-state index contributed by atoms with van der Waals surface area (Å²) >= 11 is 0. The number of hydrogen-bond donors (Lipinski definition) is 0. The summed E-state index contributed by atoms with van der Waals surface area (Å²) in [6.07, 6.45) is 4.39. The zero-order chi connectivity index (χ0) is 10.9. The first kappa shape index (κ1) is 12.2. The van der Waals surface area contributed by atoms with E-state index >= 15 is 0 Å². The molecule has 0 heterocycles. The monoisotopic (exact) mass is 216 g/mol. The Morgan fingerprint density at radius 2 is 2.13 bits per heavy atom. The highest BCUT2D eigenvalue weighted by Gasteiger charge is 2.10. The molecule has 0 amide bonds. The molecular formula is C11H17FO3. The number of alkyl halides is 1. The van der Waals surface area contributed by atoms with Crippen LogP contribution in [-0.2, 0) is 14.2 Å². The van der Waals surface area contributed by atoms with Gasteiger partial charge in [0.25, 0.3) is 0 Å². The molecule has 0 aromatic carbocycles. The van der Waals surface area contributed by atoms with Crippen molar-refractivity contribution >= 4 is 0 Å². The summed E-state index contributed by atoms with van der Waals surface area (Å²) in [4.78, 5) is 0. The van der Waals surface area contributed by atoms with E-state index in [1.807, 2.05) is 0 Å². The van der Waals surface area contributed by atoms with Crippen LogP contribution in [0.25, 0.3) is 0 Å². The lowest BCUT2D eigenvalue weighted by Gasteiger charge is -2.13. The normalized spacial score (nSPS) is 20.1. The zero-order valence-corrected chi connectivity index (χ0v) is 8.95. The van der Waals surface area contributed by atoms with Crippen LogP contribution in [0.1, 0.15) is 6.42 Å². The number of halogens is 1. The van der Waals surface area contributed by atoms with E-state index in [1.165, 1.54) is 6.08 Å². The maximum absolute atomic E-state index is 12.9. The lowest BCUT2D eigenvalue weighted by Crippen LogP contribution is -2.10. The van der Waals surface area contributed by atoms with Crippen molar-refractivity contribution in [3.63, 3.8) is 0 Å². The van der Waals surface area contributed by atoms with Gasteiger partial charge >= 0.3 is 0 Å². The second-order valence-corrected chi connectivity index (χ2v) is 3.19. The molecule has 0 bridgehead atoms. The number of ether oxygens (including phenoxy) is 3. The molecular weight excluding hydrogens is 199 g/mol. The van der Waals surface area contributed by atoms with E-state index in [0.29, 0.717) is 38.6 Å². The van der Waals surface area contributed by atoms with E-state index in [0.717, 1.165) is 0 Å². The van der Waals surface area contributed by atoms with E-state index in [2.05, 4.69) is 0 Å². The Labute approximate surface area is 89.5 Å². The van der Waals surface area contributed by atoms with Crippen molar-refractivity contribution in [2.45, 2.75) is 12.6 Å². The molecule has 1 unspecified atom stereocenters. The average Bonchev–Trinajstić information content (AvgIpc) is 2.23. The Hall–Kier alpha value is -0.870. The molecule has 0 radical (unpaired) electrons. The van der Waals surface area contributed by atoms with Crippen LogP contribution in [0.5, 0.6) is 0 Å². The van der Waals surface area contributed by atoms with Gasteiger partial charge in [0, 0.05) is 13.5 Å². The molecule has 1 aliphatic rings. The van der Waals surface area contributed by atoms with Gasteiger partial charge in [0.2, 0.25) is 0 Å². The molecule has 0 spiro atoms. The maximum atomic E-state index is 12.9. The topological polar surface area (TPSA) is 27.7 Å². The number of allylic oxidation sites excluding steroid dienone is 4. The molecule has 3 nitrogen and oxygen atoms in total. The van der Waals surface area contributed by atoms with Crippen LogP contribution in [0, 0.1) is 0 Å². The van der Waals surface area contributed by atoms with Gasteiger partial charge in [-0.3, -0.25) is 0 Å². The fraction of sp³-hybridized carbons (Fsp3) is 0.636. The predicted octanol–water partition coefficient (Wildman–Crippen LogP) is 1.85. The molecule has 0 aliphatic heterocycles. The van der Waals surface area contributed by atoms with E-state index < -0.39 is 6.17 Å². The molecule has 1 aliphatic carbocycles. The highest BCUT2D eigenvalue weighted by molar-refractivity contribution is 5.16. The van der Waals surface area contributed by atoms with Crippen LogP contribution in [0.4, 0.5) is 4.39 Å². The molecule has 0 aromatic heterocycles. The zero-order valence-electron chi connectivity index (χ0n) is 8.95. The standard InChI is InChI=1S/C11H17FO3/c1-13-5-6-14-7-8-15-11-4-2-3-10(12)9-11/h2-4,10H,5-9H2,1H3. The highest BCUT2D eigenvalue weighted by Crippen LogP contribution is 2.15. The lowest BCUT2D eigenvalue weighted by atomic mass is 10.1. The number of methoxy groups -OCH3 is 1. The quantitative estimate of drug-likeness (QED) is 0.608. The Bertz CT molecular complexity index is 226. The minimum Gasteiger partial charge on any atom is -0.495 e. The summed E-state index contributed by atoms with van der Waals surface area (Å²) in [5, 5.41) is 0. The van der Waals surface area contributed by atoms with Crippen LogP contribution in [0.15, 0.2) is 24.0 Å². The van der Waals surface area contributed by atoms with Gasteiger partial charge in [-0.1, -0.05) is 12.2 Å². The van der Waals surface area contributed by atoms with Crippen molar-refractivity contribution < 1.29 is 18.6 Å². The second kappa shape index (κ2) is 7.43. The van der Waals surface area contributed by atoms with Gasteiger partial charge in [0.1, 0.15) is 12.8 Å². The smallest absolute Gasteiger partial charge is 0.126 e. The highest BCUT2D eigenvalue weighted by atomic mass is 19.1. The van der Waals surface area contributed by atoms with E-state index in [-0.39, 0.29) is 0 Å². The van der Waals surface area contributed by atoms with Crippen molar-refractivity contribution in [3.8, 4) is 0 Å². The van der Waals surface area contributed by atoms with Crippen LogP contribution in [0.2, 0.25) is 0 Å². The Kier molecular flexibility index (Phi) is 6.04. The molecule has 0 fully saturated rings. The van der Waals surface area contributed by atoms with E-state index in [9.17, 15) is 4.39 Å². The summed E-state index contributed by atoms with van der Waals surface area (Å²) < 4.78 is 28.2. The van der Waals surface area contributed by atoms with Crippen molar-refractivity contribution in [3.05, 3.63) is 24.0 Å². The second-order valence-electron chi connectivity index (χ2n) is 3.19. The first-order chi connectivity index (χ1) is 7.33. The average molecular weight is 216 g/mol. The number of hydrogen-bond acceptors (Lipinski definition) is 3. The summed E-state index contributed by atoms with van der Waals surface area (Å²) in [5.74, 6) is 0.681. The Morgan fingerprint density at radius 1 is 1.33 bits per heavy atom. The predicted molar refractivity (Wildman–Crippen MR) is 55.4 cm³/mol. The minimum absolute atomic E-state index is 0.328. The van der Waals surface area contributed by atoms with Crippen molar-refractivity contribution in [2.24, 2.45) is 0 Å². The van der Waals surface area contributed by atoms with Gasteiger partial charge in [0.05, 0.1) is 25.6 Å². The third-order valence-corrected chi connectivity index (χ3v) is 1.95. The largest absolute Gasteiger partial charge is 0.495 e. The van der Waals surface area contributed by atoms with Crippen LogP contribution < -0.4 is 0 Å². The summed E-state index contributed by atoms with van der Waals surface area (Å²) in [5.41, 5.74) is 0. The SMILES string of the molecule is COCCOCCOC1=CC=CC(F)C1. The molecule has 0 N–H and O–H groups in total. The Balaban J connectivity index is 2.00. The van der Waals surface area contributed by atoms with Crippen molar-refractivity contribution in [1.29, 1.82) is 0 Å². The fourth-order valence-electron chi connectivity index (χ4n) is 1.19. The van der Waals surface area contributed by atoms with E-state index in [4.69, 9.17) is 14.2 Å². The third kappa shape index (κ3) is 5.54. The molecule has 0 saturated carbocycles. The van der Waals surface area contributed by atoms with Gasteiger partial charge < -0.3 is 14.2 Å². The van der Waals surface area contributed by atoms with E-state index in [1.54, 1.807) is 19.3 Å². The first-order valence-electron chi connectivity index (χ1n) is 5.04. The first-order valence-corrected chi connectivity index (χ1v) is 5.04. The molecule has 86 valence electrons. The van der Waals surface area contributed by atoms with Gasteiger partial charge in [-0.2, -0.15) is 0 Å². The van der Waals surface area contributed by atoms with Crippen molar-refractivity contribution in [2.75, 3.05) is 33.5 Å². The van der Waals surface area contributed by atoms with Crippen molar-refractivity contribution in [1.82, 2.24) is 0 Å². The fourth-order valence-corrected chi connectivity index (χ4v) is 1.19. The Morgan fingerprint density at radius 3 is 2.87 bits per heavy atom. The molecule has 0 aromatic rings. The van der Waals surface area contributed by atoms with Gasteiger partial charge in [0.15, 0.2) is 0 Å². The van der Waals surface area contributed by atoms with Crippen LogP contribution in [-0.4, -0.2) is 39.7 Å². The molecule has 4 heteroatoms. The maximum Gasteiger partial charge on any atom is 0.126 e. The molecule has 0 saturated heterocycles. The van der Waals surface area contributed by atoms with Gasteiger partial charge in [-0.25, -0.2) is 4.39 Å². The summed E-state index contributed by atoms with van der Waals surface area (Å²) in [7, 11) is 1.63. The van der Waals surface area contributed by atoms with Crippen LogP contribution in [0.3, 0.4) is 0 Å². The van der Waals surface area contributed by atoms with Gasteiger partial charge in [-0.15, -0.1) is 0 Å². The van der Waals surface area contributed by atoms with Gasteiger partial charge in [-0.05, 0) is 6.08 Å².